The van der Waals surface area contributed by atoms with Gasteiger partial charge in [0.2, 0.25) is 0 Å². The molecule has 0 radical (unpaired) electrons. The minimum absolute atomic E-state index is 0.131. The second-order valence-corrected chi connectivity index (χ2v) is 2.79. The highest BCUT2D eigenvalue weighted by Crippen LogP contribution is 2.22. The fraction of sp³-hybridized carbons (Fsp3) is 0.857. The third-order valence-electron chi connectivity index (χ3n) is 1.89. The average molecular weight is 142 g/mol. The van der Waals surface area contributed by atoms with Gasteiger partial charge in [0, 0.05) is 0 Å². The van der Waals surface area contributed by atoms with Crippen molar-refractivity contribution >= 4 is 5.84 Å². The maximum Gasteiger partial charge on any atom is 0.120 e. The summed E-state index contributed by atoms with van der Waals surface area (Å²) in [5.74, 6) is 0.131. The van der Waals surface area contributed by atoms with Crippen LogP contribution in [0.15, 0.2) is 0 Å². The Labute approximate surface area is 61.1 Å². The first-order valence-corrected chi connectivity index (χ1v) is 3.69. The number of nitrogens with one attached hydrogen (secondary N) is 1. The summed E-state index contributed by atoms with van der Waals surface area (Å²) in [6.45, 7) is 1.82. The molecule has 0 heterocycles. The van der Waals surface area contributed by atoms with Crippen LogP contribution < -0.4 is 5.73 Å². The SMILES string of the molecule is CC(OC1CCC1)C(=N)N. The Balaban J connectivity index is 2.16. The number of rotatable bonds is 3. The lowest BCUT2D eigenvalue weighted by atomic mass is 9.96. The Morgan fingerprint density at radius 2 is 2.30 bits per heavy atom. The van der Waals surface area contributed by atoms with E-state index in [1.54, 1.807) is 0 Å². The lowest BCUT2D eigenvalue weighted by molar-refractivity contribution is -0.0155. The first-order valence-electron chi connectivity index (χ1n) is 3.69. The van der Waals surface area contributed by atoms with Gasteiger partial charge in [-0.2, -0.15) is 0 Å². The normalized spacial score (nSPS) is 21.7. The topological polar surface area (TPSA) is 59.1 Å². The number of hydrogen-bond donors (Lipinski definition) is 2. The zero-order chi connectivity index (χ0) is 7.56. The van der Waals surface area contributed by atoms with Gasteiger partial charge in [0.1, 0.15) is 11.9 Å². The summed E-state index contributed by atoms with van der Waals surface area (Å²) >= 11 is 0. The van der Waals surface area contributed by atoms with Crippen LogP contribution in [0.25, 0.3) is 0 Å². The van der Waals surface area contributed by atoms with Crippen LogP contribution in [-0.2, 0) is 4.74 Å². The summed E-state index contributed by atoms with van der Waals surface area (Å²) in [6.07, 6.45) is 3.72. The minimum atomic E-state index is -0.190. The zero-order valence-electron chi connectivity index (χ0n) is 6.26. The monoisotopic (exact) mass is 142 g/mol. The Morgan fingerprint density at radius 1 is 1.70 bits per heavy atom. The predicted octanol–water partition coefficient (Wildman–Crippen LogP) is 0.880. The van der Waals surface area contributed by atoms with Crippen molar-refractivity contribution in [3.63, 3.8) is 0 Å². The van der Waals surface area contributed by atoms with Gasteiger partial charge in [-0.05, 0) is 26.2 Å². The summed E-state index contributed by atoms with van der Waals surface area (Å²) in [6, 6.07) is 0. The molecule has 0 aromatic heterocycles. The van der Waals surface area contributed by atoms with E-state index in [-0.39, 0.29) is 11.9 Å². The summed E-state index contributed by atoms with van der Waals surface area (Å²) < 4.78 is 5.40. The van der Waals surface area contributed by atoms with Gasteiger partial charge in [-0.1, -0.05) is 0 Å². The molecular formula is C7H14N2O. The summed E-state index contributed by atoms with van der Waals surface area (Å²) in [4.78, 5) is 0. The maximum atomic E-state index is 7.05. The van der Waals surface area contributed by atoms with E-state index in [2.05, 4.69) is 0 Å². The Kier molecular flexibility index (Phi) is 2.27. The van der Waals surface area contributed by atoms with Gasteiger partial charge in [0.25, 0.3) is 0 Å². The van der Waals surface area contributed by atoms with Crippen molar-refractivity contribution < 1.29 is 4.74 Å². The lowest BCUT2D eigenvalue weighted by Gasteiger charge is -2.28. The predicted molar refractivity (Wildman–Crippen MR) is 40.1 cm³/mol. The zero-order valence-corrected chi connectivity index (χ0v) is 6.26. The van der Waals surface area contributed by atoms with Crippen molar-refractivity contribution in [2.24, 2.45) is 5.73 Å². The molecule has 1 unspecified atom stereocenters. The molecule has 1 aliphatic carbocycles. The molecule has 1 rings (SSSR count). The van der Waals surface area contributed by atoms with Gasteiger partial charge in [-0.25, -0.2) is 0 Å². The molecule has 0 aromatic carbocycles. The third kappa shape index (κ3) is 1.70. The van der Waals surface area contributed by atoms with Crippen molar-refractivity contribution in [3.8, 4) is 0 Å². The van der Waals surface area contributed by atoms with E-state index >= 15 is 0 Å². The molecule has 0 aromatic rings. The van der Waals surface area contributed by atoms with Gasteiger partial charge in [0.05, 0.1) is 6.10 Å². The largest absolute Gasteiger partial charge is 0.385 e. The Hall–Kier alpha value is -0.570. The molecule has 1 atom stereocenters. The molecule has 0 amide bonds. The number of nitrogens with two attached hydrogens (primary N) is 1. The van der Waals surface area contributed by atoms with Crippen molar-refractivity contribution in [2.75, 3.05) is 0 Å². The Bertz CT molecular complexity index is 132. The highest BCUT2D eigenvalue weighted by Gasteiger charge is 2.21. The molecule has 3 nitrogen and oxygen atoms in total. The highest BCUT2D eigenvalue weighted by molar-refractivity contribution is 5.81. The van der Waals surface area contributed by atoms with E-state index < -0.39 is 0 Å². The second kappa shape index (κ2) is 3.01. The van der Waals surface area contributed by atoms with E-state index in [0.29, 0.717) is 6.10 Å². The quantitative estimate of drug-likeness (QED) is 0.454. The molecule has 1 fully saturated rings. The van der Waals surface area contributed by atoms with E-state index in [0.717, 1.165) is 12.8 Å². The fourth-order valence-electron chi connectivity index (χ4n) is 0.869. The number of amidine groups is 1. The Morgan fingerprint density at radius 3 is 2.60 bits per heavy atom. The van der Waals surface area contributed by atoms with Crippen LogP contribution >= 0.6 is 0 Å². The molecule has 58 valence electrons. The van der Waals surface area contributed by atoms with E-state index in [9.17, 15) is 0 Å². The molecule has 1 aliphatic rings. The molecule has 0 saturated heterocycles. The van der Waals surface area contributed by atoms with E-state index in [1.165, 1.54) is 6.42 Å². The number of ether oxygens (including phenoxy) is 1. The molecule has 0 aliphatic heterocycles. The average Bonchev–Trinajstić information content (AvgIpc) is 1.77. The van der Waals surface area contributed by atoms with Gasteiger partial charge >= 0.3 is 0 Å². The smallest absolute Gasteiger partial charge is 0.120 e. The van der Waals surface area contributed by atoms with Crippen molar-refractivity contribution in [2.45, 2.75) is 38.4 Å². The molecule has 0 bridgehead atoms. The minimum Gasteiger partial charge on any atom is -0.385 e. The second-order valence-electron chi connectivity index (χ2n) is 2.79. The standard InChI is InChI=1S/C7H14N2O/c1-5(7(8)9)10-6-3-2-4-6/h5-6H,2-4H2,1H3,(H3,8,9). The van der Waals surface area contributed by atoms with Crippen LogP contribution in [0.5, 0.6) is 0 Å². The van der Waals surface area contributed by atoms with Crippen LogP contribution in [-0.4, -0.2) is 18.0 Å². The first-order chi connectivity index (χ1) is 4.70. The van der Waals surface area contributed by atoms with Crippen LogP contribution in [0.3, 0.4) is 0 Å². The molecule has 3 heteroatoms. The van der Waals surface area contributed by atoms with Crippen LogP contribution in [0, 0.1) is 5.41 Å². The van der Waals surface area contributed by atoms with Crippen molar-refractivity contribution in [3.05, 3.63) is 0 Å². The lowest BCUT2D eigenvalue weighted by Crippen LogP contribution is -2.34. The molecule has 10 heavy (non-hydrogen) atoms. The van der Waals surface area contributed by atoms with Gasteiger partial charge < -0.3 is 10.5 Å². The fourth-order valence-corrected chi connectivity index (χ4v) is 0.869. The molecule has 1 saturated carbocycles. The van der Waals surface area contributed by atoms with E-state index in [1.807, 2.05) is 6.92 Å². The first kappa shape index (κ1) is 7.54. The number of hydrogen-bond acceptors (Lipinski definition) is 2. The summed E-state index contributed by atoms with van der Waals surface area (Å²) in [7, 11) is 0. The van der Waals surface area contributed by atoms with Crippen molar-refractivity contribution in [1.82, 2.24) is 0 Å². The molecule has 0 spiro atoms. The molecule has 3 N–H and O–H groups in total. The van der Waals surface area contributed by atoms with Gasteiger partial charge in [0.15, 0.2) is 0 Å². The van der Waals surface area contributed by atoms with Crippen LogP contribution in [0.4, 0.5) is 0 Å². The summed E-state index contributed by atoms with van der Waals surface area (Å²) in [5.41, 5.74) is 5.22. The summed E-state index contributed by atoms with van der Waals surface area (Å²) in [5, 5.41) is 7.05. The highest BCUT2D eigenvalue weighted by atomic mass is 16.5. The van der Waals surface area contributed by atoms with Gasteiger partial charge in [-0.3, -0.25) is 5.41 Å². The maximum absolute atomic E-state index is 7.05. The van der Waals surface area contributed by atoms with Crippen molar-refractivity contribution in [1.29, 1.82) is 5.41 Å². The van der Waals surface area contributed by atoms with E-state index in [4.69, 9.17) is 15.9 Å². The van der Waals surface area contributed by atoms with Gasteiger partial charge in [-0.15, -0.1) is 0 Å². The van der Waals surface area contributed by atoms with Crippen LogP contribution in [0.2, 0.25) is 0 Å². The molecular weight excluding hydrogens is 128 g/mol. The van der Waals surface area contributed by atoms with Crippen LogP contribution in [0.1, 0.15) is 26.2 Å². The third-order valence-corrected chi connectivity index (χ3v) is 1.89.